The van der Waals surface area contributed by atoms with E-state index in [2.05, 4.69) is 65.4 Å². The van der Waals surface area contributed by atoms with Crippen LogP contribution in [0, 0.1) is 5.92 Å². The number of anilines is 2. The van der Waals surface area contributed by atoms with Crippen LogP contribution in [0.5, 0.6) is 0 Å². The van der Waals surface area contributed by atoms with E-state index in [-0.39, 0.29) is 0 Å². The maximum Gasteiger partial charge on any atom is 0.0597 e. The molecular weight excluding hydrogens is 324 g/mol. The third-order valence-corrected chi connectivity index (χ3v) is 5.08. The van der Waals surface area contributed by atoms with Gasteiger partial charge in [0.05, 0.1) is 11.4 Å². The smallest absolute Gasteiger partial charge is 0.0597 e. The van der Waals surface area contributed by atoms with Gasteiger partial charge in [0, 0.05) is 24.6 Å². The second-order valence-electron chi connectivity index (χ2n) is 6.56. The van der Waals surface area contributed by atoms with E-state index in [1.54, 1.807) is 0 Å². The zero-order valence-electron chi connectivity index (χ0n) is 13.7. The second-order valence-corrected chi connectivity index (χ2v) is 7.48. The first-order chi connectivity index (χ1) is 10.1. The van der Waals surface area contributed by atoms with E-state index < -0.39 is 0 Å². The molecule has 0 radical (unpaired) electrons. The van der Waals surface area contributed by atoms with Crippen molar-refractivity contribution in [2.24, 2.45) is 5.92 Å². The van der Waals surface area contributed by atoms with E-state index >= 15 is 0 Å². The van der Waals surface area contributed by atoms with Gasteiger partial charge in [-0.3, -0.25) is 0 Å². The Balaban J connectivity index is 2.02. The number of hydrogen-bond donors (Lipinski definition) is 1. The van der Waals surface area contributed by atoms with Gasteiger partial charge >= 0.3 is 0 Å². The van der Waals surface area contributed by atoms with Crippen molar-refractivity contribution >= 4 is 27.3 Å². The maximum absolute atomic E-state index is 3.80. The van der Waals surface area contributed by atoms with Crippen molar-refractivity contribution in [2.45, 2.75) is 57.9 Å². The van der Waals surface area contributed by atoms with E-state index in [1.807, 2.05) is 0 Å². The van der Waals surface area contributed by atoms with Crippen LogP contribution in [0.25, 0.3) is 0 Å². The molecule has 2 rings (SSSR count). The predicted octanol–water partition coefficient (Wildman–Crippen LogP) is 5.68. The van der Waals surface area contributed by atoms with Crippen molar-refractivity contribution in [2.75, 3.05) is 24.3 Å². The number of benzene rings is 1. The van der Waals surface area contributed by atoms with E-state index in [0.717, 1.165) is 10.4 Å². The standard InChI is InChI=1S/C18H29BrN2/c1-4-6-14-7-5-8-16(11-9-14)20-17-13-15(19)10-12-18(17)21(2)3/h10,12-14,16,20H,4-9,11H2,1-3H3. The van der Waals surface area contributed by atoms with Crippen molar-refractivity contribution in [1.29, 1.82) is 0 Å². The largest absolute Gasteiger partial charge is 0.381 e. The zero-order valence-corrected chi connectivity index (χ0v) is 15.2. The average molecular weight is 353 g/mol. The van der Waals surface area contributed by atoms with Crippen LogP contribution in [0.2, 0.25) is 0 Å². The van der Waals surface area contributed by atoms with Crippen LogP contribution in [0.1, 0.15) is 51.9 Å². The molecule has 1 fully saturated rings. The number of rotatable bonds is 5. The van der Waals surface area contributed by atoms with Crippen molar-refractivity contribution in [3.63, 3.8) is 0 Å². The van der Waals surface area contributed by atoms with Gasteiger partial charge in [0.25, 0.3) is 0 Å². The summed E-state index contributed by atoms with van der Waals surface area (Å²) < 4.78 is 1.15. The molecule has 0 heterocycles. The number of nitrogens with one attached hydrogen (secondary N) is 1. The Bertz CT molecular complexity index is 445. The van der Waals surface area contributed by atoms with Crippen LogP contribution in [0.3, 0.4) is 0 Å². The van der Waals surface area contributed by atoms with E-state index in [9.17, 15) is 0 Å². The van der Waals surface area contributed by atoms with Gasteiger partial charge in [-0.25, -0.2) is 0 Å². The van der Waals surface area contributed by atoms with Gasteiger partial charge < -0.3 is 10.2 Å². The number of hydrogen-bond acceptors (Lipinski definition) is 2. The molecular formula is C18H29BrN2. The third-order valence-electron chi connectivity index (χ3n) is 4.59. The summed E-state index contributed by atoms with van der Waals surface area (Å²) in [6.45, 7) is 2.31. The predicted molar refractivity (Wildman–Crippen MR) is 97.4 cm³/mol. The Hall–Kier alpha value is -0.700. The second kappa shape index (κ2) is 8.07. The lowest BCUT2D eigenvalue weighted by Crippen LogP contribution is -2.21. The maximum atomic E-state index is 3.80. The summed E-state index contributed by atoms with van der Waals surface area (Å²) in [5, 5.41) is 3.80. The van der Waals surface area contributed by atoms with Crippen molar-refractivity contribution in [3.05, 3.63) is 22.7 Å². The number of halogens is 1. The van der Waals surface area contributed by atoms with Crippen LogP contribution in [0.4, 0.5) is 11.4 Å². The lowest BCUT2D eigenvalue weighted by Gasteiger charge is -2.24. The Kier molecular flexibility index (Phi) is 6.40. The lowest BCUT2D eigenvalue weighted by atomic mass is 9.95. The average Bonchev–Trinajstić information content (AvgIpc) is 2.65. The van der Waals surface area contributed by atoms with Crippen molar-refractivity contribution < 1.29 is 0 Å². The van der Waals surface area contributed by atoms with E-state index in [4.69, 9.17) is 0 Å². The first-order valence-electron chi connectivity index (χ1n) is 8.33. The molecule has 0 amide bonds. The first kappa shape index (κ1) is 16.7. The summed E-state index contributed by atoms with van der Waals surface area (Å²) in [5.41, 5.74) is 2.53. The highest BCUT2D eigenvalue weighted by Gasteiger charge is 2.19. The molecule has 0 aliphatic heterocycles. The van der Waals surface area contributed by atoms with Crippen LogP contribution in [-0.4, -0.2) is 20.1 Å². The molecule has 2 unspecified atom stereocenters. The molecule has 1 aromatic rings. The molecule has 0 saturated heterocycles. The first-order valence-corrected chi connectivity index (χ1v) is 9.13. The summed E-state index contributed by atoms with van der Waals surface area (Å²) in [4.78, 5) is 2.19. The Labute approximate surface area is 138 Å². The summed E-state index contributed by atoms with van der Waals surface area (Å²) >= 11 is 3.60. The van der Waals surface area contributed by atoms with Crippen LogP contribution in [-0.2, 0) is 0 Å². The summed E-state index contributed by atoms with van der Waals surface area (Å²) in [6, 6.07) is 7.14. The molecule has 2 atom stereocenters. The minimum absolute atomic E-state index is 0.625. The Morgan fingerprint density at radius 3 is 2.71 bits per heavy atom. The lowest BCUT2D eigenvalue weighted by molar-refractivity contribution is 0.422. The molecule has 1 saturated carbocycles. The quantitative estimate of drug-likeness (QED) is 0.686. The van der Waals surface area contributed by atoms with Gasteiger partial charge in [0.1, 0.15) is 0 Å². The van der Waals surface area contributed by atoms with E-state index in [1.165, 1.54) is 56.3 Å². The van der Waals surface area contributed by atoms with Gasteiger partial charge in [0.2, 0.25) is 0 Å². The highest BCUT2D eigenvalue weighted by molar-refractivity contribution is 9.10. The van der Waals surface area contributed by atoms with Crippen LogP contribution >= 0.6 is 15.9 Å². The SMILES string of the molecule is CCCC1CCCC(Nc2cc(Br)ccc2N(C)C)CC1. The van der Waals surface area contributed by atoms with Crippen LogP contribution < -0.4 is 10.2 Å². The molecule has 1 N–H and O–H groups in total. The molecule has 0 bridgehead atoms. The normalized spacial score (nSPS) is 22.7. The molecule has 0 aromatic heterocycles. The van der Waals surface area contributed by atoms with Crippen molar-refractivity contribution in [1.82, 2.24) is 0 Å². The zero-order chi connectivity index (χ0) is 15.2. The number of nitrogens with zero attached hydrogens (tertiary/aromatic N) is 1. The molecule has 118 valence electrons. The van der Waals surface area contributed by atoms with Crippen molar-refractivity contribution in [3.8, 4) is 0 Å². The van der Waals surface area contributed by atoms with Gasteiger partial charge in [-0.1, -0.05) is 48.5 Å². The molecule has 1 aromatic carbocycles. The molecule has 3 heteroatoms. The molecule has 1 aliphatic carbocycles. The fourth-order valence-corrected chi connectivity index (χ4v) is 3.81. The third kappa shape index (κ3) is 4.91. The van der Waals surface area contributed by atoms with Gasteiger partial charge in [0.15, 0.2) is 0 Å². The highest BCUT2D eigenvalue weighted by Crippen LogP contribution is 2.32. The fourth-order valence-electron chi connectivity index (χ4n) is 3.45. The fraction of sp³-hybridized carbons (Fsp3) is 0.667. The molecule has 0 spiro atoms. The van der Waals surface area contributed by atoms with E-state index in [0.29, 0.717) is 6.04 Å². The monoisotopic (exact) mass is 352 g/mol. The highest BCUT2D eigenvalue weighted by atomic mass is 79.9. The Morgan fingerprint density at radius 2 is 2.00 bits per heavy atom. The van der Waals surface area contributed by atoms with Gasteiger partial charge in [-0.15, -0.1) is 0 Å². The Morgan fingerprint density at radius 1 is 1.19 bits per heavy atom. The summed E-state index contributed by atoms with van der Waals surface area (Å²) in [6.07, 6.45) is 9.53. The minimum Gasteiger partial charge on any atom is -0.381 e. The summed E-state index contributed by atoms with van der Waals surface area (Å²) in [5.74, 6) is 0.956. The molecule has 1 aliphatic rings. The topological polar surface area (TPSA) is 15.3 Å². The van der Waals surface area contributed by atoms with Crippen LogP contribution in [0.15, 0.2) is 22.7 Å². The molecule has 21 heavy (non-hydrogen) atoms. The van der Waals surface area contributed by atoms with Gasteiger partial charge in [-0.2, -0.15) is 0 Å². The minimum atomic E-state index is 0.625. The summed E-state index contributed by atoms with van der Waals surface area (Å²) in [7, 11) is 4.22. The molecule has 2 nitrogen and oxygen atoms in total. The van der Waals surface area contributed by atoms with Gasteiger partial charge in [-0.05, 0) is 43.4 Å².